The van der Waals surface area contributed by atoms with E-state index in [-0.39, 0.29) is 17.9 Å². The first-order valence-corrected chi connectivity index (χ1v) is 10.8. The molecule has 1 N–H and O–H groups in total. The van der Waals surface area contributed by atoms with E-state index in [0.717, 1.165) is 40.7 Å². The van der Waals surface area contributed by atoms with Crippen LogP contribution in [0, 0.1) is 13.8 Å². The molecule has 1 atom stereocenters. The minimum absolute atomic E-state index is 0.0631. The fraction of sp³-hybridized carbons (Fsp3) is 0.286. The van der Waals surface area contributed by atoms with Gasteiger partial charge < -0.3 is 5.32 Å². The Hall–Kier alpha value is -3.41. The Morgan fingerprint density at radius 3 is 2.67 bits per heavy atom. The molecular weight excluding hydrogens is 457 g/mol. The van der Waals surface area contributed by atoms with E-state index in [9.17, 15) is 22.8 Å². The number of carbonyl (C=O) groups excluding carboxylic acids is 2. The first kappa shape index (κ1) is 22.8. The molecule has 2 aromatic carbocycles. The number of carbonyl (C=O) groups is 2. The number of nitrogens with zero attached hydrogens (tertiary/aromatic N) is 5. The van der Waals surface area contributed by atoms with Crippen molar-refractivity contribution in [2.75, 3.05) is 16.8 Å². The van der Waals surface area contributed by atoms with Crippen LogP contribution in [0.5, 0.6) is 0 Å². The van der Waals surface area contributed by atoms with Crippen LogP contribution in [0.15, 0.2) is 41.6 Å². The van der Waals surface area contributed by atoms with E-state index in [1.54, 1.807) is 6.92 Å². The molecule has 8 nitrogen and oxygen atoms in total. The summed E-state index contributed by atoms with van der Waals surface area (Å²) in [6, 6.07) is 8.60. The van der Waals surface area contributed by atoms with E-state index < -0.39 is 28.8 Å². The number of amides is 2. The number of halogens is 3. The predicted molar refractivity (Wildman–Crippen MR) is 116 cm³/mol. The molecule has 0 aliphatic carbocycles. The van der Waals surface area contributed by atoms with Gasteiger partial charge in [0, 0.05) is 0 Å². The maximum atomic E-state index is 13.2. The van der Waals surface area contributed by atoms with Gasteiger partial charge in [0.25, 0.3) is 0 Å². The maximum Gasteiger partial charge on any atom is 0.416 e. The Kier molecular flexibility index (Phi) is 5.87. The Bertz CT molecular complexity index is 1240. The summed E-state index contributed by atoms with van der Waals surface area (Å²) in [5, 5.41) is 13.8. The molecule has 2 heterocycles. The normalized spacial score (nSPS) is 14.6. The topological polar surface area (TPSA) is 93.0 Å². The zero-order valence-electron chi connectivity index (χ0n) is 17.8. The third-order valence-corrected chi connectivity index (χ3v) is 6.35. The molecule has 1 aliphatic rings. The van der Waals surface area contributed by atoms with Crippen molar-refractivity contribution in [3.05, 3.63) is 53.1 Å². The molecule has 0 bridgehead atoms. The van der Waals surface area contributed by atoms with Crippen molar-refractivity contribution in [2.45, 2.75) is 37.4 Å². The summed E-state index contributed by atoms with van der Waals surface area (Å²) in [7, 11) is 0. The number of tetrazole rings is 1. The summed E-state index contributed by atoms with van der Waals surface area (Å²) < 4.78 is 40.7. The van der Waals surface area contributed by atoms with Crippen LogP contribution >= 0.6 is 11.8 Å². The van der Waals surface area contributed by atoms with Crippen LogP contribution in [-0.4, -0.2) is 43.8 Å². The molecule has 1 unspecified atom stereocenters. The third kappa shape index (κ3) is 4.42. The lowest BCUT2D eigenvalue weighted by Gasteiger charge is -2.31. The molecule has 0 spiro atoms. The smallest absolute Gasteiger partial charge is 0.323 e. The number of benzene rings is 2. The molecule has 0 fully saturated rings. The summed E-state index contributed by atoms with van der Waals surface area (Å²) in [6.45, 7) is 5.23. The first-order valence-electron chi connectivity index (χ1n) is 9.90. The molecular formula is C21H19F3N6O2S. The average molecular weight is 476 g/mol. The zero-order valence-corrected chi connectivity index (χ0v) is 18.7. The summed E-state index contributed by atoms with van der Waals surface area (Å²) in [5.41, 5.74) is 2.03. The minimum Gasteiger partial charge on any atom is -0.323 e. The van der Waals surface area contributed by atoms with Crippen LogP contribution < -0.4 is 10.2 Å². The number of aromatic nitrogens is 4. The van der Waals surface area contributed by atoms with Gasteiger partial charge in [0.15, 0.2) is 0 Å². The van der Waals surface area contributed by atoms with Crippen molar-refractivity contribution in [3.63, 3.8) is 0 Å². The van der Waals surface area contributed by atoms with Gasteiger partial charge >= 0.3 is 6.18 Å². The minimum atomic E-state index is -4.57. The lowest BCUT2D eigenvalue weighted by atomic mass is 10.1. The molecule has 172 valence electrons. The predicted octanol–water partition coefficient (Wildman–Crippen LogP) is 3.76. The number of hydrogen-bond acceptors (Lipinski definition) is 6. The quantitative estimate of drug-likeness (QED) is 0.577. The van der Waals surface area contributed by atoms with Crippen LogP contribution in [-0.2, 0) is 15.8 Å². The second-order valence-corrected chi connectivity index (χ2v) is 8.86. The fourth-order valence-electron chi connectivity index (χ4n) is 3.46. The van der Waals surface area contributed by atoms with Crippen molar-refractivity contribution < 1.29 is 22.8 Å². The lowest BCUT2D eigenvalue weighted by molar-refractivity contribution is -0.137. The van der Waals surface area contributed by atoms with Gasteiger partial charge in [-0.1, -0.05) is 23.9 Å². The third-order valence-electron chi connectivity index (χ3n) is 5.33. The summed E-state index contributed by atoms with van der Waals surface area (Å²) in [4.78, 5) is 26.5. The molecule has 4 rings (SSSR count). The number of alkyl halides is 3. The number of thioether (sulfide) groups is 1. The summed E-state index contributed by atoms with van der Waals surface area (Å²) in [6.07, 6.45) is -4.57. The van der Waals surface area contributed by atoms with E-state index in [1.807, 2.05) is 32.0 Å². The van der Waals surface area contributed by atoms with E-state index >= 15 is 0 Å². The monoisotopic (exact) mass is 476 g/mol. The standard InChI is InChI=1S/C21H19F3N6O2S/c1-11-5-4-6-16(12(11)2)30-20(26-27-28-30)33-13(3)19(32)29-10-18(31)25-15-9-14(21(22,23)24)7-8-17(15)29/h4-9,13H,10H2,1-3H3,(H,25,31). The molecule has 1 aromatic heterocycles. The molecule has 3 aromatic rings. The highest BCUT2D eigenvalue weighted by Gasteiger charge is 2.35. The van der Waals surface area contributed by atoms with Gasteiger partial charge in [-0.25, -0.2) is 0 Å². The highest BCUT2D eigenvalue weighted by atomic mass is 32.2. The highest BCUT2D eigenvalue weighted by molar-refractivity contribution is 8.00. The summed E-state index contributed by atoms with van der Waals surface area (Å²) >= 11 is 1.10. The molecule has 0 saturated carbocycles. The van der Waals surface area contributed by atoms with E-state index in [1.165, 1.54) is 15.6 Å². The number of nitrogens with one attached hydrogen (secondary N) is 1. The zero-order chi connectivity index (χ0) is 23.9. The second-order valence-electron chi connectivity index (χ2n) is 7.55. The van der Waals surface area contributed by atoms with Gasteiger partial charge in [0.1, 0.15) is 6.54 Å². The number of aryl methyl sites for hydroxylation is 1. The van der Waals surface area contributed by atoms with Gasteiger partial charge in [-0.3, -0.25) is 14.5 Å². The lowest BCUT2D eigenvalue weighted by Crippen LogP contribution is -2.45. The van der Waals surface area contributed by atoms with E-state index in [2.05, 4.69) is 20.8 Å². The van der Waals surface area contributed by atoms with Gasteiger partial charge in [-0.2, -0.15) is 17.9 Å². The van der Waals surface area contributed by atoms with Crippen molar-refractivity contribution in [2.24, 2.45) is 0 Å². The molecule has 33 heavy (non-hydrogen) atoms. The Labute approximate surface area is 191 Å². The number of fused-ring (bicyclic) bond motifs is 1. The number of hydrogen-bond donors (Lipinski definition) is 1. The SMILES string of the molecule is Cc1cccc(-n2nnnc2SC(C)C(=O)N2CC(=O)Nc3cc(C(F)(F)F)ccc32)c1C. The second kappa shape index (κ2) is 8.50. The molecule has 2 amide bonds. The Morgan fingerprint density at radius 1 is 1.18 bits per heavy atom. The average Bonchev–Trinajstić information content (AvgIpc) is 3.21. The maximum absolute atomic E-state index is 13.2. The van der Waals surface area contributed by atoms with Gasteiger partial charge in [0.2, 0.25) is 17.0 Å². The summed E-state index contributed by atoms with van der Waals surface area (Å²) in [5.74, 6) is -1.03. The largest absolute Gasteiger partial charge is 0.416 e. The molecule has 12 heteroatoms. The van der Waals surface area contributed by atoms with E-state index in [4.69, 9.17) is 0 Å². The van der Waals surface area contributed by atoms with Crippen LogP contribution in [0.2, 0.25) is 0 Å². The Balaban J connectivity index is 1.60. The molecule has 0 saturated heterocycles. The van der Waals surface area contributed by atoms with Gasteiger partial charge in [-0.05, 0) is 66.6 Å². The van der Waals surface area contributed by atoms with Crippen LogP contribution in [0.1, 0.15) is 23.6 Å². The van der Waals surface area contributed by atoms with Crippen molar-refractivity contribution in [1.29, 1.82) is 0 Å². The van der Waals surface area contributed by atoms with Crippen molar-refractivity contribution >= 4 is 35.0 Å². The first-order chi connectivity index (χ1) is 15.6. The van der Waals surface area contributed by atoms with Crippen molar-refractivity contribution in [1.82, 2.24) is 20.2 Å². The van der Waals surface area contributed by atoms with Crippen molar-refractivity contribution in [3.8, 4) is 5.69 Å². The number of anilines is 2. The van der Waals surface area contributed by atoms with E-state index in [0.29, 0.717) is 5.16 Å². The van der Waals surface area contributed by atoms with Crippen LogP contribution in [0.3, 0.4) is 0 Å². The van der Waals surface area contributed by atoms with Crippen LogP contribution in [0.4, 0.5) is 24.5 Å². The highest BCUT2D eigenvalue weighted by Crippen LogP contribution is 2.38. The Morgan fingerprint density at radius 2 is 1.94 bits per heavy atom. The molecule has 0 radical (unpaired) electrons. The molecule has 1 aliphatic heterocycles. The van der Waals surface area contributed by atoms with Crippen LogP contribution in [0.25, 0.3) is 5.69 Å². The van der Waals surface area contributed by atoms with Gasteiger partial charge in [0.05, 0.1) is 27.9 Å². The fourth-order valence-corrected chi connectivity index (χ4v) is 4.32. The van der Waals surface area contributed by atoms with Gasteiger partial charge in [-0.15, -0.1) is 5.10 Å². The number of rotatable bonds is 4.